The third-order valence-corrected chi connectivity index (χ3v) is 3.83. The highest BCUT2D eigenvalue weighted by Crippen LogP contribution is 2.21. The van der Waals surface area contributed by atoms with E-state index in [1.54, 1.807) is 6.07 Å². The van der Waals surface area contributed by atoms with Crippen molar-refractivity contribution >= 4 is 5.69 Å². The van der Waals surface area contributed by atoms with Crippen LogP contribution in [0.15, 0.2) is 18.2 Å². The van der Waals surface area contributed by atoms with Crippen LogP contribution in [0.3, 0.4) is 0 Å². The van der Waals surface area contributed by atoms with Gasteiger partial charge in [-0.15, -0.1) is 0 Å². The Morgan fingerprint density at radius 2 is 2.33 bits per heavy atom. The van der Waals surface area contributed by atoms with Crippen LogP contribution >= 0.6 is 0 Å². The van der Waals surface area contributed by atoms with Gasteiger partial charge in [-0.05, 0) is 37.5 Å². The van der Waals surface area contributed by atoms with E-state index in [1.165, 1.54) is 6.07 Å². The normalized spacial score (nSPS) is 18.1. The number of aliphatic hydroxyl groups is 1. The predicted molar refractivity (Wildman–Crippen MR) is 82.1 cm³/mol. The lowest BCUT2D eigenvalue weighted by molar-refractivity contribution is 0.110. The molecule has 1 aromatic carbocycles. The van der Waals surface area contributed by atoms with Gasteiger partial charge in [0.25, 0.3) is 0 Å². The maximum atomic E-state index is 13.9. The molecule has 0 aromatic heterocycles. The zero-order valence-corrected chi connectivity index (χ0v) is 12.6. The van der Waals surface area contributed by atoms with Crippen molar-refractivity contribution in [3.8, 4) is 0 Å². The van der Waals surface area contributed by atoms with Crippen LogP contribution in [0.1, 0.15) is 25.3 Å². The Morgan fingerprint density at radius 1 is 1.48 bits per heavy atom. The van der Waals surface area contributed by atoms with E-state index in [0.717, 1.165) is 31.6 Å². The van der Waals surface area contributed by atoms with Crippen molar-refractivity contribution in [2.24, 2.45) is 0 Å². The molecule has 4 nitrogen and oxygen atoms in total. The molecule has 0 spiro atoms. The number of halogens is 1. The van der Waals surface area contributed by atoms with Crippen LogP contribution in [0.2, 0.25) is 0 Å². The molecule has 1 aromatic rings. The van der Waals surface area contributed by atoms with Crippen LogP contribution in [0.25, 0.3) is 0 Å². The van der Waals surface area contributed by atoms with Crippen molar-refractivity contribution in [3.05, 3.63) is 29.6 Å². The molecule has 21 heavy (non-hydrogen) atoms. The van der Waals surface area contributed by atoms with Gasteiger partial charge in [-0.25, -0.2) is 4.39 Å². The molecule has 1 saturated heterocycles. The van der Waals surface area contributed by atoms with E-state index in [0.29, 0.717) is 31.4 Å². The summed E-state index contributed by atoms with van der Waals surface area (Å²) >= 11 is 0. The summed E-state index contributed by atoms with van der Waals surface area (Å²) in [5.74, 6) is -0.242. The molecule has 0 aliphatic carbocycles. The molecule has 0 amide bonds. The first-order chi connectivity index (χ1) is 10.2. The minimum Gasteiger partial charge on any atom is -0.395 e. The van der Waals surface area contributed by atoms with E-state index in [4.69, 9.17) is 9.84 Å². The van der Waals surface area contributed by atoms with E-state index in [2.05, 4.69) is 5.32 Å². The molecule has 1 unspecified atom stereocenters. The number of anilines is 1. The summed E-state index contributed by atoms with van der Waals surface area (Å²) < 4.78 is 19.5. The maximum absolute atomic E-state index is 13.9. The molecule has 1 aliphatic rings. The number of aliphatic hydroxyl groups excluding tert-OH is 1. The molecular formula is C16H25FN2O2. The minimum absolute atomic E-state index is 0.0226. The van der Waals surface area contributed by atoms with E-state index < -0.39 is 0 Å². The fourth-order valence-electron chi connectivity index (χ4n) is 2.66. The quantitative estimate of drug-likeness (QED) is 0.769. The number of ether oxygens (including phenoxy) is 1. The fraction of sp³-hybridized carbons (Fsp3) is 0.625. The van der Waals surface area contributed by atoms with E-state index >= 15 is 0 Å². The number of benzene rings is 1. The maximum Gasteiger partial charge on any atom is 0.146 e. The Kier molecular flexibility index (Phi) is 6.42. The number of hydrogen-bond donors (Lipinski definition) is 2. The van der Waals surface area contributed by atoms with Crippen LogP contribution in [0, 0.1) is 5.82 Å². The molecule has 0 saturated carbocycles. The summed E-state index contributed by atoms with van der Waals surface area (Å²) in [7, 11) is 0. The topological polar surface area (TPSA) is 44.7 Å². The Labute approximate surface area is 125 Å². The van der Waals surface area contributed by atoms with Crippen molar-refractivity contribution in [1.82, 2.24) is 5.32 Å². The van der Waals surface area contributed by atoms with Crippen LogP contribution < -0.4 is 10.2 Å². The van der Waals surface area contributed by atoms with Gasteiger partial charge in [0.1, 0.15) is 5.82 Å². The first-order valence-corrected chi connectivity index (χ1v) is 7.71. The second kappa shape index (κ2) is 8.32. The monoisotopic (exact) mass is 296 g/mol. The first kappa shape index (κ1) is 16.2. The number of rotatable bonds is 8. The Bertz CT molecular complexity index is 436. The number of nitrogens with one attached hydrogen (secondary N) is 1. The van der Waals surface area contributed by atoms with Gasteiger partial charge in [0.05, 0.1) is 18.4 Å². The van der Waals surface area contributed by atoms with E-state index in [9.17, 15) is 4.39 Å². The summed E-state index contributed by atoms with van der Waals surface area (Å²) in [4.78, 5) is 1.85. The number of likely N-dealkylation sites (N-methyl/N-ethyl adjacent to an activating group) is 1. The Hall–Kier alpha value is -1.17. The smallest absolute Gasteiger partial charge is 0.146 e. The average Bonchev–Trinajstić information content (AvgIpc) is 3.00. The van der Waals surface area contributed by atoms with Gasteiger partial charge in [-0.3, -0.25) is 0 Å². The molecule has 1 heterocycles. The molecule has 2 N–H and O–H groups in total. The summed E-state index contributed by atoms with van der Waals surface area (Å²) in [6.07, 6.45) is 2.56. The van der Waals surface area contributed by atoms with Crippen molar-refractivity contribution in [2.75, 3.05) is 37.7 Å². The highest BCUT2D eigenvalue weighted by Gasteiger charge is 2.15. The van der Waals surface area contributed by atoms with E-state index in [-0.39, 0.29) is 12.4 Å². The predicted octanol–water partition coefficient (Wildman–Crippen LogP) is 1.91. The SMILES string of the molecule is CCN(CCO)c1cc(CNCC2CCCO2)ccc1F. The zero-order chi connectivity index (χ0) is 15.1. The third kappa shape index (κ3) is 4.66. The van der Waals surface area contributed by atoms with E-state index in [1.807, 2.05) is 17.9 Å². The molecular weight excluding hydrogens is 271 g/mol. The lowest BCUT2D eigenvalue weighted by Crippen LogP contribution is -2.28. The van der Waals surface area contributed by atoms with Gasteiger partial charge in [0, 0.05) is 32.8 Å². The van der Waals surface area contributed by atoms with Crippen LogP contribution in [0.4, 0.5) is 10.1 Å². The standard InChI is InChI=1S/C16H25FN2O2/c1-2-19(7-8-20)16-10-13(5-6-15(16)17)11-18-12-14-4-3-9-21-14/h5-6,10,14,18,20H,2-4,7-9,11-12H2,1H3. The van der Waals surface area contributed by atoms with Crippen molar-refractivity contribution in [2.45, 2.75) is 32.4 Å². The lowest BCUT2D eigenvalue weighted by atomic mass is 10.1. The van der Waals surface area contributed by atoms with Crippen LogP contribution in [-0.2, 0) is 11.3 Å². The molecule has 1 aliphatic heterocycles. The third-order valence-electron chi connectivity index (χ3n) is 3.83. The Balaban J connectivity index is 1.93. The zero-order valence-electron chi connectivity index (χ0n) is 12.6. The average molecular weight is 296 g/mol. The number of nitrogens with zero attached hydrogens (tertiary/aromatic N) is 1. The highest BCUT2D eigenvalue weighted by molar-refractivity contribution is 5.50. The summed E-state index contributed by atoms with van der Waals surface area (Å²) in [6.45, 7) is 5.49. The van der Waals surface area contributed by atoms with Crippen LogP contribution in [0.5, 0.6) is 0 Å². The van der Waals surface area contributed by atoms with Crippen molar-refractivity contribution in [1.29, 1.82) is 0 Å². The largest absolute Gasteiger partial charge is 0.395 e. The second-order valence-electron chi connectivity index (χ2n) is 5.35. The summed E-state index contributed by atoms with van der Waals surface area (Å²) in [6, 6.07) is 5.16. The van der Waals surface area contributed by atoms with Gasteiger partial charge >= 0.3 is 0 Å². The van der Waals surface area contributed by atoms with Crippen molar-refractivity contribution < 1.29 is 14.2 Å². The molecule has 118 valence electrons. The summed E-state index contributed by atoms with van der Waals surface area (Å²) in [5.41, 5.74) is 1.60. The second-order valence-corrected chi connectivity index (χ2v) is 5.35. The lowest BCUT2D eigenvalue weighted by Gasteiger charge is -2.23. The van der Waals surface area contributed by atoms with Gasteiger partial charge in [-0.2, -0.15) is 0 Å². The molecule has 1 atom stereocenters. The van der Waals surface area contributed by atoms with Crippen LogP contribution in [-0.4, -0.2) is 44.1 Å². The minimum atomic E-state index is -0.242. The summed E-state index contributed by atoms with van der Waals surface area (Å²) in [5, 5.41) is 12.4. The molecule has 0 radical (unpaired) electrons. The first-order valence-electron chi connectivity index (χ1n) is 7.71. The fourth-order valence-corrected chi connectivity index (χ4v) is 2.66. The Morgan fingerprint density at radius 3 is 3.00 bits per heavy atom. The van der Waals surface area contributed by atoms with Crippen molar-refractivity contribution in [3.63, 3.8) is 0 Å². The molecule has 1 fully saturated rings. The van der Waals surface area contributed by atoms with Gasteiger partial charge in [-0.1, -0.05) is 6.07 Å². The molecule has 5 heteroatoms. The highest BCUT2D eigenvalue weighted by atomic mass is 19.1. The van der Waals surface area contributed by atoms with Gasteiger partial charge < -0.3 is 20.1 Å². The number of hydrogen-bond acceptors (Lipinski definition) is 4. The molecule has 0 bridgehead atoms. The van der Waals surface area contributed by atoms with Gasteiger partial charge in [0.15, 0.2) is 0 Å². The van der Waals surface area contributed by atoms with Gasteiger partial charge in [0.2, 0.25) is 0 Å². The molecule has 2 rings (SSSR count).